The number of unbranched alkanes of at least 4 members (excludes halogenated alkanes) is 2. The Bertz CT molecular complexity index is 487. The van der Waals surface area contributed by atoms with E-state index >= 15 is 0 Å². The minimum atomic E-state index is -0.793. The van der Waals surface area contributed by atoms with E-state index in [0.717, 1.165) is 17.4 Å². The summed E-state index contributed by atoms with van der Waals surface area (Å²) < 4.78 is 0.984. The van der Waals surface area contributed by atoms with Gasteiger partial charge >= 0.3 is 11.7 Å². The highest BCUT2D eigenvalue weighted by molar-refractivity contribution is 5.66. The summed E-state index contributed by atoms with van der Waals surface area (Å²) in [5.41, 5.74) is -0.831. The fraction of sp³-hybridized carbons (Fsp3) is 0.545. The highest BCUT2D eigenvalue weighted by Gasteiger charge is 2.00. The molecular formula is C11H17N3O4. The fourth-order valence-electron chi connectivity index (χ4n) is 1.45. The summed E-state index contributed by atoms with van der Waals surface area (Å²) in [5.74, 6) is -0.403. The Kier molecular flexibility index (Phi) is 5.16. The number of carboxylic acids is 1. The van der Waals surface area contributed by atoms with Crippen LogP contribution in [0.2, 0.25) is 0 Å². The van der Waals surface area contributed by atoms with Crippen LogP contribution in [0.1, 0.15) is 25.7 Å². The van der Waals surface area contributed by atoms with Crippen molar-refractivity contribution in [1.82, 2.24) is 9.55 Å². The maximum absolute atomic E-state index is 11.3. The topological polar surface area (TPSA) is 104 Å². The standard InChI is InChI=1S/C11H17N3O4/c1-14-9(15)7-8(13-11(14)18)12-6-4-2-3-5-10(16)17/h7,12H,2-6H2,1H3,(H,13,18)(H,16,17). The molecule has 1 rings (SSSR count). The number of hydrogen-bond donors (Lipinski definition) is 3. The average molecular weight is 255 g/mol. The molecule has 0 atom stereocenters. The van der Waals surface area contributed by atoms with Crippen molar-refractivity contribution in [1.29, 1.82) is 0 Å². The third-order valence-electron chi connectivity index (χ3n) is 2.53. The number of aromatic nitrogens is 2. The Balaban J connectivity index is 2.34. The molecular weight excluding hydrogens is 238 g/mol. The van der Waals surface area contributed by atoms with Crippen LogP contribution in [0.3, 0.4) is 0 Å². The molecule has 7 nitrogen and oxygen atoms in total. The molecule has 0 saturated heterocycles. The summed E-state index contributed by atoms with van der Waals surface area (Å²) in [6.45, 7) is 0.586. The van der Waals surface area contributed by atoms with Crippen molar-refractivity contribution in [3.63, 3.8) is 0 Å². The molecule has 1 aromatic heterocycles. The Labute approximate surface area is 103 Å². The molecule has 0 aliphatic heterocycles. The molecule has 0 aliphatic carbocycles. The van der Waals surface area contributed by atoms with Gasteiger partial charge in [-0.2, -0.15) is 0 Å². The highest BCUT2D eigenvalue weighted by Crippen LogP contribution is 2.01. The molecule has 1 heterocycles. The molecule has 7 heteroatoms. The first-order valence-electron chi connectivity index (χ1n) is 5.76. The predicted molar refractivity (Wildman–Crippen MR) is 66.9 cm³/mol. The zero-order valence-electron chi connectivity index (χ0n) is 10.2. The Morgan fingerprint density at radius 1 is 1.39 bits per heavy atom. The number of H-pyrrole nitrogens is 1. The van der Waals surface area contributed by atoms with Gasteiger partial charge in [0.25, 0.3) is 5.56 Å². The van der Waals surface area contributed by atoms with Crippen LogP contribution in [-0.2, 0) is 11.8 Å². The number of hydrogen-bond acceptors (Lipinski definition) is 4. The average Bonchev–Trinajstić information content (AvgIpc) is 2.30. The summed E-state index contributed by atoms with van der Waals surface area (Å²) in [6.07, 6.45) is 2.37. The van der Waals surface area contributed by atoms with Gasteiger partial charge in [-0.1, -0.05) is 6.42 Å². The van der Waals surface area contributed by atoms with Crippen molar-refractivity contribution in [3.05, 3.63) is 26.9 Å². The molecule has 0 fully saturated rings. The summed E-state index contributed by atoms with van der Waals surface area (Å²) in [6, 6.07) is 1.32. The monoisotopic (exact) mass is 255 g/mol. The maximum atomic E-state index is 11.3. The third-order valence-corrected chi connectivity index (χ3v) is 2.53. The molecule has 3 N–H and O–H groups in total. The van der Waals surface area contributed by atoms with Crippen molar-refractivity contribution < 1.29 is 9.90 Å². The van der Waals surface area contributed by atoms with Crippen molar-refractivity contribution in [2.75, 3.05) is 11.9 Å². The van der Waals surface area contributed by atoms with Gasteiger partial charge < -0.3 is 10.4 Å². The molecule has 0 spiro atoms. The van der Waals surface area contributed by atoms with Crippen LogP contribution in [0.5, 0.6) is 0 Å². The van der Waals surface area contributed by atoms with Gasteiger partial charge in [-0.15, -0.1) is 0 Å². The van der Waals surface area contributed by atoms with E-state index in [1.54, 1.807) is 0 Å². The number of nitrogens with one attached hydrogen (secondary N) is 2. The van der Waals surface area contributed by atoms with Crippen LogP contribution in [0.25, 0.3) is 0 Å². The minimum Gasteiger partial charge on any atom is -0.481 e. The fourth-order valence-corrected chi connectivity index (χ4v) is 1.45. The first kappa shape index (κ1) is 14.0. The van der Waals surface area contributed by atoms with Crippen LogP contribution in [0.15, 0.2) is 15.7 Å². The lowest BCUT2D eigenvalue weighted by atomic mass is 10.2. The van der Waals surface area contributed by atoms with Crippen molar-refractivity contribution in [3.8, 4) is 0 Å². The number of rotatable bonds is 7. The molecule has 18 heavy (non-hydrogen) atoms. The SMILES string of the molecule is Cn1c(=O)cc(NCCCCCC(=O)O)[nH]c1=O. The van der Waals surface area contributed by atoms with E-state index in [1.165, 1.54) is 13.1 Å². The number of carboxylic acid groups (broad SMARTS) is 1. The second-order valence-corrected chi connectivity index (χ2v) is 4.02. The number of nitrogens with zero attached hydrogens (tertiary/aromatic N) is 1. The minimum absolute atomic E-state index is 0.169. The number of aromatic amines is 1. The van der Waals surface area contributed by atoms with Gasteiger partial charge in [-0.05, 0) is 12.8 Å². The zero-order valence-corrected chi connectivity index (χ0v) is 10.2. The maximum Gasteiger partial charge on any atom is 0.329 e. The summed E-state index contributed by atoms with van der Waals surface area (Å²) in [5, 5.41) is 11.4. The zero-order chi connectivity index (χ0) is 13.5. The van der Waals surface area contributed by atoms with Gasteiger partial charge in [-0.3, -0.25) is 19.1 Å². The largest absolute Gasteiger partial charge is 0.481 e. The Hall–Kier alpha value is -2.05. The van der Waals surface area contributed by atoms with Gasteiger partial charge in [0, 0.05) is 26.1 Å². The van der Waals surface area contributed by atoms with E-state index in [9.17, 15) is 14.4 Å². The lowest BCUT2D eigenvalue weighted by Gasteiger charge is -2.06. The van der Waals surface area contributed by atoms with Crippen molar-refractivity contribution >= 4 is 11.8 Å². The predicted octanol–water partition coefficient (Wildman–Crippen LogP) is 0.130. The summed E-state index contributed by atoms with van der Waals surface area (Å²) in [7, 11) is 1.40. The Morgan fingerprint density at radius 2 is 2.11 bits per heavy atom. The summed E-state index contributed by atoms with van der Waals surface area (Å²) in [4.78, 5) is 35.4. The molecule has 0 saturated carbocycles. The van der Waals surface area contributed by atoms with E-state index in [1.807, 2.05) is 0 Å². The molecule has 0 aliphatic rings. The van der Waals surface area contributed by atoms with Gasteiger partial charge in [0.15, 0.2) is 0 Å². The van der Waals surface area contributed by atoms with E-state index in [-0.39, 0.29) is 12.0 Å². The number of aliphatic carboxylic acids is 1. The quantitative estimate of drug-likeness (QED) is 0.601. The van der Waals surface area contributed by atoms with E-state index in [0.29, 0.717) is 18.8 Å². The van der Waals surface area contributed by atoms with Crippen LogP contribution in [0, 0.1) is 0 Å². The second kappa shape index (κ2) is 6.63. The molecule has 100 valence electrons. The molecule has 0 amide bonds. The molecule has 0 aromatic carbocycles. The van der Waals surface area contributed by atoms with Crippen LogP contribution in [0.4, 0.5) is 5.82 Å². The lowest BCUT2D eigenvalue weighted by Crippen LogP contribution is -2.32. The molecule has 0 unspecified atom stereocenters. The second-order valence-electron chi connectivity index (χ2n) is 4.02. The first-order chi connectivity index (χ1) is 8.50. The van der Waals surface area contributed by atoms with Crippen LogP contribution < -0.4 is 16.6 Å². The van der Waals surface area contributed by atoms with Gasteiger partial charge in [0.1, 0.15) is 5.82 Å². The third kappa shape index (κ3) is 4.44. The molecule has 0 bridgehead atoms. The number of carbonyl (C=O) groups is 1. The highest BCUT2D eigenvalue weighted by atomic mass is 16.4. The van der Waals surface area contributed by atoms with Gasteiger partial charge in [0.05, 0.1) is 0 Å². The lowest BCUT2D eigenvalue weighted by molar-refractivity contribution is -0.137. The summed E-state index contributed by atoms with van der Waals surface area (Å²) >= 11 is 0. The van der Waals surface area contributed by atoms with Crippen LogP contribution in [-0.4, -0.2) is 27.2 Å². The Morgan fingerprint density at radius 3 is 2.72 bits per heavy atom. The van der Waals surface area contributed by atoms with Crippen LogP contribution >= 0.6 is 0 Å². The molecule has 1 aromatic rings. The van der Waals surface area contributed by atoms with E-state index < -0.39 is 11.7 Å². The smallest absolute Gasteiger partial charge is 0.329 e. The van der Waals surface area contributed by atoms with E-state index in [4.69, 9.17) is 5.11 Å². The normalized spacial score (nSPS) is 10.3. The van der Waals surface area contributed by atoms with Gasteiger partial charge in [-0.25, -0.2) is 4.79 Å². The number of anilines is 1. The molecule has 0 radical (unpaired) electrons. The van der Waals surface area contributed by atoms with E-state index in [2.05, 4.69) is 10.3 Å². The van der Waals surface area contributed by atoms with Crippen molar-refractivity contribution in [2.24, 2.45) is 7.05 Å². The van der Waals surface area contributed by atoms with Crippen molar-refractivity contribution in [2.45, 2.75) is 25.7 Å². The van der Waals surface area contributed by atoms with Gasteiger partial charge in [0.2, 0.25) is 0 Å². The first-order valence-corrected chi connectivity index (χ1v) is 5.76.